The number of hydrogen-bond acceptors (Lipinski definition) is 2. The second-order valence-corrected chi connectivity index (χ2v) is 4.05. The Morgan fingerprint density at radius 2 is 2.00 bits per heavy atom. The molecule has 0 fully saturated rings. The highest BCUT2D eigenvalue weighted by Gasteiger charge is 2.09. The van der Waals surface area contributed by atoms with Crippen molar-refractivity contribution < 1.29 is 13.2 Å². The third-order valence-electron chi connectivity index (χ3n) is 2.76. The predicted molar refractivity (Wildman–Crippen MR) is 62.1 cm³/mol. The van der Waals surface area contributed by atoms with Gasteiger partial charge in [-0.2, -0.15) is 0 Å². The van der Waals surface area contributed by atoms with E-state index in [0.717, 1.165) is 17.9 Å². The third-order valence-corrected chi connectivity index (χ3v) is 2.76. The fraction of sp³-hybridized carbons (Fsp3) is 0.154. The molecule has 3 nitrogen and oxygen atoms in total. The van der Waals surface area contributed by atoms with Crippen LogP contribution < -0.4 is 0 Å². The molecular formula is C13H10F2N2O. The van der Waals surface area contributed by atoms with E-state index in [4.69, 9.17) is 4.42 Å². The molecule has 3 rings (SSSR count). The SMILES string of the molecule is Fc1cc2nc(CCc3ccco3)[nH]c2cc1F. The number of H-pyrrole nitrogens is 1. The maximum Gasteiger partial charge on any atom is 0.161 e. The minimum Gasteiger partial charge on any atom is -0.469 e. The highest BCUT2D eigenvalue weighted by atomic mass is 19.2. The molecule has 1 N–H and O–H groups in total. The molecule has 0 aliphatic carbocycles. The number of benzene rings is 1. The van der Waals surface area contributed by atoms with Gasteiger partial charge in [-0.05, 0) is 12.1 Å². The maximum atomic E-state index is 13.0. The van der Waals surface area contributed by atoms with Crippen molar-refractivity contribution in [1.29, 1.82) is 0 Å². The Morgan fingerprint density at radius 3 is 2.78 bits per heavy atom. The number of rotatable bonds is 3. The van der Waals surface area contributed by atoms with Gasteiger partial charge in [-0.15, -0.1) is 0 Å². The van der Waals surface area contributed by atoms with E-state index in [1.165, 1.54) is 0 Å². The molecule has 1 aromatic carbocycles. The zero-order valence-corrected chi connectivity index (χ0v) is 9.41. The Morgan fingerprint density at radius 1 is 1.17 bits per heavy atom. The van der Waals surface area contributed by atoms with Crippen molar-refractivity contribution >= 4 is 11.0 Å². The number of fused-ring (bicyclic) bond motifs is 1. The van der Waals surface area contributed by atoms with Gasteiger partial charge in [0.2, 0.25) is 0 Å². The Hall–Kier alpha value is -2.17. The van der Waals surface area contributed by atoms with Gasteiger partial charge in [-0.1, -0.05) is 0 Å². The van der Waals surface area contributed by atoms with Crippen molar-refractivity contribution in [2.45, 2.75) is 12.8 Å². The summed E-state index contributed by atoms with van der Waals surface area (Å²) in [5.74, 6) is -0.213. The van der Waals surface area contributed by atoms with E-state index in [2.05, 4.69) is 9.97 Å². The maximum absolute atomic E-state index is 13.0. The van der Waals surface area contributed by atoms with E-state index < -0.39 is 11.6 Å². The average Bonchev–Trinajstić information content (AvgIpc) is 2.96. The fourth-order valence-corrected chi connectivity index (χ4v) is 1.87. The van der Waals surface area contributed by atoms with Crippen LogP contribution in [0.2, 0.25) is 0 Å². The Bertz CT molecular complexity index is 635. The van der Waals surface area contributed by atoms with E-state index in [1.807, 2.05) is 12.1 Å². The Balaban J connectivity index is 1.85. The van der Waals surface area contributed by atoms with Gasteiger partial charge >= 0.3 is 0 Å². The first-order chi connectivity index (χ1) is 8.72. The van der Waals surface area contributed by atoms with Crippen LogP contribution in [0, 0.1) is 11.6 Å². The van der Waals surface area contributed by atoms with Crippen LogP contribution in [0.25, 0.3) is 11.0 Å². The Labute approximate surface area is 101 Å². The summed E-state index contributed by atoms with van der Waals surface area (Å²) in [6.45, 7) is 0. The lowest BCUT2D eigenvalue weighted by Gasteiger charge is -1.93. The van der Waals surface area contributed by atoms with Crippen LogP contribution in [0.3, 0.4) is 0 Å². The van der Waals surface area contributed by atoms with Crippen LogP contribution in [0.5, 0.6) is 0 Å². The monoisotopic (exact) mass is 248 g/mol. The summed E-state index contributed by atoms with van der Waals surface area (Å²) in [7, 11) is 0. The van der Waals surface area contributed by atoms with E-state index in [0.29, 0.717) is 29.7 Å². The topological polar surface area (TPSA) is 41.8 Å². The van der Waals surface area contributed by atoms with E-state index >= 15 is 0 Å². The van der Waals surface area contributed by atoms with Gasteiger partial charge < -0.3 is 9.40 Å². The molecule has 0 radical (unpaired) electrons. The Kier molecular flexibility index (Phi) is 2.59. The second kappa shape index (κ2) is 4.25. The highest BCUT2D eigenvalue weighted by molar-refractivity contribution is 5.75. The standard InChI is InChI=1S/C13H10F2N2O/c14-9-6-11-12(7-10(9)15)17-13(16-11)4-3-8-2-1-5-18-8/h1-2,5-7H,3-4H2,(H,16,17). The zero-order valence-electron chi connectivity index (χ0n) is 9.41. The van der Waals surface area contributed by atoms with Crippen molar-refractivity contribution in [3.63, 3.8) is 0 Å². The van der Waals surface area contributed by atoms with Gasteiger partial charge in [0, 0.05) is 25.0 Å². The van der Waals surface area contributed by atoms with Crippen molar-refractivity contribution in [2.75, 3.05) is 0 Å². The molecule has 0 aliphatic rings. The summed E-state index contributed by atoms with van der Waals surface area (Å²) in [6, 6.07) is 5.91. The number of imidazole rings is 1. The fourth-order valence-electron chi connectivity index (χ4n) is 1.87. The van der Waals surface area contributed by atoms with Crippen LogP contribution in [0.1, 0.15) is 11.6 Å². The van der Waals surface area contributed by atoms with Gasteiger partial charge in [0.25, 0.3) is 0 Å². The molecule has 0 saturated carbocycles. The molecule has 0 saturated heterocycles. The van der Waals surface area contributed by atoms with E-state index in [9.17, 15) is 8.78 Å². The van der Waals surface area contributed by atoms with Gasteiger partial charge in [0.05, 0.1) is 17.3 Å². The molecule has 18 heavy (non-hydrogen) atoms. The molecule has 92 valence electrons. The second-order valence-electron chi connectivity index (χ2n) is 4.05. The molecule has 2 heterocycles. The summed E-state index contributed by atoms with van der Waals surface area (Å²) in [5.41, 5.74) is 0.937. The van der Waals surface area contributed by atoms with Crippen LogP contribution in [-0.2, 0) is 12.8 Å². The summed E-state index contributed by atoms with van der Waals surface area (Å²) in [4.78, 5) is 7.18. The molecule has 5 heteroatoms. The highest BCUT2D eigenvalue weighted by Crippen LogP contribution is 2.17. The van der Waals surface area contributed by atoms with Gasteiger partial charge in [0.1, 0.15) is 11.6 Å². The largest absolute Gasteiger partial charge is 0.469 e. The number of aromatic nitrogens is 2. The number of halogens is 2. The number of aryl methyl sites for hydroxylation is 2. The zero-order chi connectivity index (χ0) is 12.5. The third kappa shape index (κ3) is 1.99. The van der Waals surface area contributed by atoms with Crippen LogP contribution in [-0.4, -0.2) is 9.97 Å². The van der Waals surface area contributed by atoms with E-state index in [1.54, 1.807) is 6.26 Å². The van der Waals surface area contributed by atoms with Crippen LogP contribution in [0.4, 0.5) is 8.78 Å². The van der Waals surface area contributed by atoms with Crippen LogP contribution in [0.15, 0.2) is 34.9 Å². The smallest absolute Gasteiger partial charge is 0.161 e. The molecular weight excluding hydrogens is 238 g/mol. The normalized spacial score (nSPS) is 11.2. The van der Waals surface area contributed by atoms with Gasteiger partial charge in [-0.3, -0.25) is 0 Å². The van der Waals surface area contributed by atoms with Crippen molar-refractivity contribution in [3.05, 3.63) is 53.7 Å². The molecule has 0 amide bonds. The van der Waals surface area contributed by atoms with Crippen molar-refractivity contribution in [1.82, 2.24) is 9.97 Å². The predicted octanol–water partition coefficient (Wildman–Crippen LogP) is 3.22. The summed E-state index contributed by atoms with van der Waals surface area (Å²) < 4.78 is 31.3. The molecule has 0 atom stereocenters. The first kappa shape index (κ1) is 11.0. The minimum atomic E-state index is -0.883. The van der Waals surface area contributed by atoms with Crippen LogP contribution >= 0.6 is 0 Å². The summed E-state index contributed by atoms with van der Waals surface area (Å²) in [6.07, 6.45) is 2.93. The summed E-state index contributed by atoms with van der Waals surface area (Å²) in [5, 5.41) is 0. The number of furan rings is 1. The molecule has 2 aromatic heterocycles. The number of aromatic amines is 1. The minimum absolute atomic E-state index is 0.434. The summed E-state index contributed by atoms with van der Waals surface area (Å²) >= 11 is 0. The quantitative estimate of drug-likeness (QED) is 0.773. The van der Waals surface area contributed by atoms with Crippen molar-refractivity contribution in [3.8, 4) is 0 Å². The van der Waals surface area contributed by atoms with Crippen molar-refractivity contribution in [2.24, 2.45) is 0 Å². The molecule has 0 bridgehead atoms. The van der Waals surface area contributed by atoms with Gasteiger partial charge in [-0.25, -0.2) is 13.8 Å². The molecule has 0 aliphatic heterocycles. The molecule has 0 unspecified atom stereocenters. The number of nitrogens with one attached hydrogen (secondary N) is 1. The first-order valence-electron chi connectivity index (χ1n) is 5.58. The first-order valence-corrected chi connectivity index (χ1v) is 5.58. The number of nitrogens with zero attached hydrogens (tertiary/aromatic N) is 1. The van der Waals surface area contributed by atoms with E-state index in [-0.39, 0.29) is 0 Å². The number of hydrogen-bond donors (Lipinski definition) is 1. The lowest BCUT2D eigenvalue weighted by atomic mass is 10.2. The molecule has 0 spiro atoms. The average molecular weight is 248 g/mol. The molecule has 3 aromatic rings. The lowest BCUT2D eigenvalue weighted by Crippen LogP contribution is -1.91. The van der Waals surface area contributed by atoms with Gasteiger partial charge in [0.15, 0.2) is 11.6 Å². The lowest BCUT2D eigenvalue weighted by molar-refractivity contribution is 0.507.